The van der Waals surface area contributed by atoms with Crippen LogP contribution < -0.4 is 10.2 Å². The molecule has 0 radical (unpaired) electrons. The van der Waals surface area contributed by atoms with Crippen LogP contribution >= 0.6 is 11.6 Å². The summed E-state index contributed by atoms with van der Waals surface area (Å²) in [6.07, 6.45) is 6.57. The number of fused-ring (bicyclic) bond motifs is 1. The Labute approximate surface area is 181 Å². The van der Waals surface area contributed by atoms with Gasteiger partial charge in [0.2, 0.25) is 5.95 Å². The van der Waals surface area contributed by atoms with Gasteiger partial charge in [0.1, 0.15) is 10.7 Å². The summed E-state index contributed by atoms with van der Waals surface area (Å²) in [6, 6.07) is 0. The summed E-state index contributed by atoms with van der Waals surface area (Å²) < 4.78 is 18.3. The van der Waals surface area contributed by atoms with Crippen LogP contribution in [0.4, 0.5) is 11.8 Å². The number of halogens is 1. The van der Waals surface area contributed by atoms with E-state index in [1.807, 2.05) is 4.90 Å². The van der Waals surface area contributed by atoms with Gasteiger partial charge in [0.05, 0.1) is 46.8 Å². The van der Waals surface area contributed by atoms with Gasteiger partial charge < -0.3 is 20.1 Å². The third-order valence-corrected chi connectivity index (χ3v) is 7.92. The minimum atomic E-state index is -1.12. The van der Waals surface area contributed by atoms with Crippen molar-refractivity contribution in [1.29, 1.82) is 0 Å². The van der Waals surface area contributed by atoms with Gasteiger partial charge in [0.25, 0.3) is 0 Å². The highest BCUT2D eigenvalue weighted by Gasteiger charge is 2.49. The Bertz CT molecular complexity index is 989. The molecule has 3 aliphatic rings. The standard InChI is InChI=1S/C19H23ClN6O3S/c1-29-19(16-21-7-12(20)8-22-16)9-26(10-19)17-23-13-3-6-30(28)14(13)15(24-17)25-18(11-27)4-2-5-18/h7-8,27H,2-6,9-11H2,1H3,(H,23,24,25). The fraction of sp³-hybridized carbons (Fsp3) is 0.579. The summed E-state index contributed by atoms with van der Waals surface area (Å²) >= 11 is 5.91. The summed E-state index contributed by atoms with van der Waals surface area (Å²) in [7, 11) is 0.512. The molecular formula is C19H23ClN6O3S. The molecule has 2 N–H and O–H groups in total. The van der Waals surface area contributed by atoms with E-state index in [4.69, 9.17) is 26.3 Å². The molecule has 0 aromatic carbocycles. The SMILES string of the molecule is COC1(c2ncc(Cl)cn2)CN(c2nc3c(c(NC4(CO)CCC4)n2)S(=O)CC3)C1. The lowest BCUT2D eigenvalue weighted by molar-refractivity contribution is -0.0461. The van der Waals surface area contributed by atoms with E-state index in [1.54, 1.807) is 19.5 Å². The highest BCUT2D eigenvalue weighted by atomic mass is 35.5. The minimum Gasteiger partial charge on any atom is -0.394 e. The Balaban J connectivity index is 1.44. The lowest BCUT2D eigenvalue weighted by Gasteiger charge is -2.47. The number of hydrogen-bond acceptors (Lipinski definition) is 9. The van der Waals surface area contributed by atoms with Crippen molar-refractivity contribution in [3.8, 4) is 0 Å². The number of hydrogen-bond donors (Lipinski definition) is 2. The Morgan fingerprint density at radius 1 is 1.30 bits per heavy atom. The number of anilines is 2. The Hall–Kier alpha value is -1.88. The van der Waals surface area contributed by atoms with Gasteiger partial charge in [-0.3, -0.25) is 4.21 Å². The third-order valence-electron chi connectivity index (χ3n) is 6.27. The van der Waals surface area contributed by atoms with Crippen molar-refractivity contribution in [2.24, 2.45) is 0 Å². The first-order valence-corrected chi connectivity index (χ1v) is 11.6. The molecule has 2 aromatic rings. The van der Waals surface area contributed by atoms with Crippen LogP contribution in [0.25, 0.3) is 0 Å². The molecule has 1 aliphatic carbocycles. The van der Waals surface area contributed by atoms with Gasteiger partial charge in [-0.15, -0.1) is 0 Å². The van der Waals surface area contributed by atoms with Crippen molar-refractivity contribution >= 4 is 34.2 Å². The maximum Gasteiger partial charge on any atom is 0.227 e. The van der Waals surface area contributed by atoms with Crippen LogP contribution in [-0.4, -0.2) is 67.3 Å². The summed E-state index contributed by atoms with van der Waals surface area (Å²) in [5.41, 5.74) is -0.219. The molecule has 1 atom stereocenters. The van der Waals surface area contributed by atoms with Crippen LogP contribution in [0, 0.1) is 0 Å². The van der Waals surface area contributed by atoms with Crippen molar-refractivity contribution < 1.29 is 14.1 Å². The third kappa shape index (κ3) is 3.17. The topological polar surface area (TPSA) is 113 Å². The lowest BCUT2D eigenvalue weighted by Crippen LogP contribution is -2.62. The van der Waals surface area contributed by atoms with Crippen molar-refractivity contribution in [2.45, 2.75) is 41.7 Å². The van der Waals surface area contributed by atoms with Gasteiger partial charge in [0, 0.05) is 31.7 Å². The van der Waals surface area contributed by atoms with Crippen LogP contribution in [0.2, 0.25) is 5.02 Å². The van der Waals surface area contributed by atoms with Gasteiger partial charge in [-0.1, -0.05) is 11.6 Å². The lowest BCUT2D eigenvalue weighted by atomic mass is 9.77. The van der Waals surface area contributed by atoms with E-state index >= 15 is 0 Å². The molecule has 1 saturated carbocycles. The van der Waals surface area contributed by atoms with Gasteiger partial charge in [-0.25, -0.2) is 15.0 Å². The molecule has 1 saturated heterocycles. The zero-order valence-electron chi connectivity index (χ0n) is 16.6. The normalized spacial score (nSPS) is 23.4. The summed E-state index contributed by atoms with van der Waals surface area (Å²) in [5, 5.41) is 13.7. The number of rotatable bonds is 6. The van der Waals surface area contributed by atoms with Crippen molar-refractivity contribution in [1.82, 2.24) is 19.9 Å². The number of aryl methyl sites for hydroxylation is 1. The highest BCUT2D eigenvalue weighted by molar-refractivity contribution is 7.85. The molecule has 1 unspecified atom stereocenters. The predicted molar refractivity (Wildman–Crippen MR) is 112 cm³/mol. The minimum absolute atomic E-state index is 0.0259. The molecule has 11 heteroatoms. The molecule has 9 nitrogen and oxygen atoms in total. The monoisotopic (exact) mass is 450 g/mol. The van der Waals surface area contributed by atoms with Gasteiger partial charge in [0.15, 0.2) is 11.4 Å². The molecule has 30 heavy (non-hydrogen) atoms. The van der Waals surface area contributed by atoms with E-state index in [0.29, 0.717) is 52.8 Å². The van der Waals surface area contributed by atoms with Crippen molar-refractivity contribution in [3.63, 3.8) is 0 Å². The largest absolute Gasteiger partial charge is 0.394 e. The van der Waals surface area contributed by atoms with Crippen molar-refractivity contribution in [3.05, 3.63) is 28.9 Å². The number of ether oxygens (including phenoxy) is 1. The highest BCUT2D eigenvalue weighted by Crippen LogP contribution is 2.40. The fourth-order valence-electron chi connectivity index (χ4n) is 4.21. The van der Waals surface area contributed by atoms with Crippen LogP contribution in [0.5, 0.6) is 0 Å². The van der Waals surface area contributed by atoms with Gasteiger partial charge >= 0.3 is 0 Å². The molecule has 0 amide bonds. The quantitative estimate of drug-likeness (QED) is 0.671. The molecular weight excluding hydrogens is 428 g/mol. The first-order chi connectivity index (χ1) is 14.5. The average Bonchev–Trinajstić information content (AvgIpc) is 3.07. The Morgan fingerprint density at radius 3 is 2.63 bits per heavy atom. The molecule has 4 heterocycles. The average molecular weight is 451 g/mol. The maximum absolute atomic E-state index is 12.6. The fourth-order valence-corrected chi connectivity index (χ4v) is 5.61. The number of nitrogens with zero attached hydrogens (tertiary/aromatic N) is 5. The van der Waals surface area contributed by atoms with E-state index in [0.717, 1.165) is 25.0 Å². The number of methoxy groups -OCH3 is 1. The van der Waals surface area contributed by atoms with E-state index in [-0.39, 0.29) is 12.1 Å². The summed E-state index contributed by atoms with van der Waals surface area (Å²) in [4.78, 5) is 20.7. The van der Waals surface area contributed by atoms with E-state index in [1.165, 1.54) is 0 Å². The second-order valence-electron chi connectivity index (χ2n) is 8.14. The number of aliphatic hydroxyl groups excluding tert-OH is 1. The van der Waals surface area contributed by atoms with Crippen LogP contribution in [0.3, 0.4) is 0 Å². The van der Waals surface area contributed by atoms with Crippen LogP contribution in [0.1, 0.15) is 30.8 Å². The van der Waals surface area contributed by atoms with E-state index in [2.05, 4.69) is 15.3 Å². The molecule has 2 fully saturated rings. The summed E-state index contributed by atoms with van der Waals surface area (Å²) in [5.74, 6) is 2.26. The second-order valence-corrected chi connectivity index (χ2v) is 10.1. The number of aliphatic hydroxyl groups is 1. The second kappa shape index (κ2) is 7.37. The number of nitrogens with one attached hydrogen (secondary N) is 1. The van der Waals surface area contributed by atoms with Crippen LogP contribution in [-0.2, 0) is 27.6 Å². The van der Waals surface area contributed by atoms with Crippen molar-refractivity contribution in [2.75, 3.05) is 42.8 Å². The predicted octanol–water partition coefficient (Wildman–Crippen LogP) is 1.27. The number of aromatic nitrogens is 4. The summed E-state index contributed by atoms with van der Waals surface area (Å²) in [6.45, 7) is 1.02. The maximum atomic E-state index is 12.6. The molecule has 0 bridgehead atoms. The molecule has 0 spiro atoms. The Kier molecular flexibility index (Phi) is 4.92. The molecule has 160 valence electrons. The first kappa shape index (κ1) is 20.0. The Morgan fingerprint density at radius 2 is 2.03 bits per heavy atom. The van der Waals surface area contributed by atoms with E-state index < -0.39 is 16.4 Å². The zero-order valence-corrected chi connectivity index (χ0v) is 18.2. The van der Waals surface area contributed by atoms with Gasteiger partial charge in [-0.05, 0) is 19.3 Å². The smallest absolute Gasteiger partial charge is 0.227 e. The molecule has 2 aliphatic heterocycles. The first-order valence-electron chi connectivity index (χ1n) is 9.94. The van der Waals surface area contributed by atoms with Crippen LogP contribution in [0.15, 0.2) is 17.3 Å². The zero-order chi connectivity index (χ0) is 20.9. The molecule has 5 rings (SSSR count). The van der Waals surface area contributed by atoms with Gasteiger partial charge in [-0.2, -0.15) is 4.98 Å². The molecule has 2 aromatic heterocycles. The van der Waals surface area contributed by atoms with E-state index in [9.17, 15) is 9.32 Å².